The minimum absolute atomic E-state index is 0.0148. The first kappa shape index (κ1) is 13.2. The molecule has 19 heavy (non-hydrogen) atoms. The van der Waals surface area contributed by atoms with E-state index in [9.17, 15) is 14.0 Å². The van der Waals surface area contributed by atoms with Crippen molar-refractivity contribution in [2.24, 2.45) is 0 Å². The van der Waals surface area contributed by atoms with E-state index in [0.717, 1.165) is 5.56 Å². The van der Waals surface area contributed by atoms with Gasteiger partial charge in [0.2, 0.25) is 0 Å². The largest absolute Gasteiger partial charge is 0.454 e. The molecular weight excluding hydrogens is 247 g/mol. The van der Waals surface area contributed by atoms with Crippen LogP contribution in [-0.4, -0.2) is 12.1 Å². The molecule has 0 bridgehead atoms. The Kier molecular flexibility index (Phi) is 3.60. The number of carbonyl (C=O) groups is 2. The van der Waals surface area contributed by atoms with Crippen molar-refractivity contribution in [2.75, 3.05) is 0 Å². The van der Waals surface area contributed by atoms with E-state index in [1.54, 1.807) is 25.1 Å². The average molecular weight is 260 g/mol. The van der Waals surface area contributed by atoms with Gasteiger partial charge in [-0.1, -0.05) is 24.3 Å². The zero-order valence-electron chi connectivity index (χ0n) is 10.6. The Morgan fingerprint density at radius 3 is 2.58 bits per heavy atom. The van der Waals surface area contributed by atoms with Crippen LogP contribution in [0.5, 0.6) is 0 Å². The van der Waals surface area contributed by atoms with E-state index >= 15 is 0 Å². The van der Waals surface area contributed by atoms with Gasteiger partial charge in [-0.25, -0.2) is 4.39 Å². The molecule has 0 aliphatic carbocycles. The van der Waals surface area contributed by atoms with Crippen molar-refractivity contribution in [3.05, 3.63) is 58.5 Å². The summed E-state index contributed by atoms with van der Waals surface area (Å²) in [7, 11) is 0. The number of rotatable bonds is 4. The summed E-state index contributed by atoms with van der Waals surface area (Å²) in [6.45, 7) is 3.09. The van der Waals surface area contributed by atoms with Crippen LogP contribution in [0.4, 0.5) is 4.39 Å². The molecular formula is C15H13FO3. The molecule has 0 amide bonds. The van der Waals surface area contributed by atoms with Crippen LogP contribution >= 0.6 is 0 Å². The molecule has 4 heteroatoms. The fourth-order valence-electron chi connectivity index (χ4n) is 1.86. The number of hydrogen-bond acceptors (Lipinski definition) is 3. The second-order valence-corrected chi connectivity index (χ2v) is 4.30. The first-order valence-corrected chi connectivity index (χ1v) is 5.88. The van der Waals surface area contributed by atoms with Gasteiger partial charge in [-0.2, -0.15) is 0 Å². The monoisotopic (exact) mass is 260 g/mol. The van der Waals surface area contributed by atoms with Crippen molar-refractivity contribution in [1.29, 1.82) is 0 Å². The summed E-state index contributed by atoms with van der Waals surface area (Å²) in [5, 5.41) is 0. The normalized spacial score (nSPS) is 12.2. The number of hydrogen-bond donors (Lipinski definition) is 0. The minimum Gasteiger partial charge on any atom is -0.454 e. The molecule has 2 aromatic rings. The van der Waals surface area contributed by atoms with Crippen LogP contribution < -0.4 is 0 Å². The molecule has 0 fully saturated rings. The van der Waals surface area contributed by atoms with Crippen molar-refractivity contribution >= 4 is 12.1 Å². The summed E-state index contributed by atoms with van der Waals surface area (Å²) in [5.74, 6) is -0.484. The van der Waals surface area contributed by atoms with Gasteiger partial charge >= 0.3 is 0 Å². The van der Waals surface area contributed by atoms with Crippen LogP contribution in [0.15, 0.2) is 34.7 Å². The van der Waals surface area contributed by atoms with Crippen molar-refractivity contribution in [1.82, 2.24) is 0 Å². The van der Waals surface area contributed by atoms with E-state index < -0.39 is 6.17 Å². The lowest BCUT2D eigenvalue weighted by atomic mass is 9.99. The number of benzene rings is 1. The van der Waals surface area contributed by atoms with E-state index in [1.165, 1.54) is 13.0 Å². The van der Waals surface area contributed by atoms with Gasteiger partial charge in [0.1, 0.15) is 5.76 Å². The van der Waals surface area contributed by atoms with Gasteiger partial charge in [0.25, 0.3) is 0 Å². The van der Waals surface area contributed by atoms with E-state index in [4.69, 9.17) is 4.42 Å². The van der Waals surface area contributed by atoms with Gasteiger partial charge in [0.05, 0.1) is 5.56 Å². The molecule has 3 nitrogen and oxygen atoms in total. The molecule has 0 N–H and O–H groups in total. The smallest absolute Gasteiger partial charge is 0.197 e. The summed E-state index contributed by atoms with van der Waals surface area (Å²) in [6, 6.07) is 8.31. The third-order valence-electron chi connectivity index (χ3n) is 2.91. The highest BCUT2D eigenvalue weighted by atomic mass is 19.1. The Morgan fingerprint density at radius 2 is 2.00 bits per heavy atom. The molecule has 1 unspecified atom stereocenters. The van der Waals surface area contributed by atoms with Crippen LogP contribution in [0.3, 0.4) is 0 Å². The zero-order valence-corrected chi connectivity index (χ0v) is 10.6. The molecule has 0 radical (unpaired) electrons. The van der Waals surface area contributed by atoms with Crippen LogP contribution in [0.25, 0.3) is 0 Å². The van der Waals surface area contributed by atoms with Gasteiger partial charge < -0.3 is 4.42 Å². The Hall–Kier alpha value is -2.23. The maximum atomic E-state index is 13.2. The second kappa shape index (κ2) is 5.18. The Bertz CT molecular complexity index is 626. The second-order valence-electron chi connectivity index (χ2n) is 4.30. The lowest BCUT2D eigenvalue weighted by molar-refractivity contribution is 0.102. The fourth-order valence-corrected chi connectivity index (χ4v) is 1.86. The lowest BCUT2D eigenvalue weighted by Gasteiger charge is -2.02. The number of halogens is 1. The maximum absolute atomic E-state index is 13.2. The average Bonchev–Trinajstić information content (AvgIpc) is 2.82. The van der Waals surface area contributed by atoms with Crippen LogP contribution in [0.2, 0.25) is 0 Å². The Balaban J connectivity index is 2.50. The van der Waals surface area contributed by atoms with E-state index in [1.807, 2.05) is 6.07 Å². The van der Waals surface area contributed by atoms with E-state index in [-0.39, 0.29) is 22.9 Å². The number of ketones is 1. The molecule has 0 saturated carbocycles. The van der Waals surface area contributed by atoms with Gasteiger partial charge in [0, 0.05) is 5.56 Å². The summed E-state index contributed by atoms with van der Waals surface area (Å²) in [5.41, 5.74) is 1.37. The molecule has 2 rings (SSSR count). The standard InChI is InChI=1S/C15H13FO3/c1-9-5-3-4-6-11(9)15(18)12-7-13(10(2)16)19-14(12)8-17/h3-8,10H,1-2H3. The zero-order chi connectivity index (χ0) is 14.0. The summed E-state index contributed by atoms with van der Waals surface area (Å²) < 4.78 is 18.2. The third-order valence-corrected chi connectivity index (χ3v) is 2.91. The van der Waals surface area contributed by atoms with Crippen molar-refractivity contribution in [2.45, 2.75) is 20.0 Å². The summed E-state index contributed by atoms with van der Waals surface area (Å²) in [6.07, 6.45) is -0.936. The predicted molar refractivity (Wildman–Crippen MR) is 68.2 cm³/mol. The topological polar surface area (TPSA) is 47.3 Å². The first-order chi connectivity index (χ1) is 9.04. The minimum atomic E-state index is -1.36. The Morgan fingerprint density at radius 1 is 1.32 bits per heavy atom. The molecule has 0 spiro atoms. The molecule has 0 saturated heterocycles. The van der Waals surface area contributed by atoms with Crippen LogP contribution in [-0.2, 0) is 0 Å². The quantitative estimate of drug-likeness (QED) is 0.622. The predicted octanol–water partition coefficient (Wildman–Crippen LogP) is 3.66. The van der Waals surface area contributed by atoms with Crippen molar-refractivity contribution in [3.63, 3.8) is 0 Å². The number of aldehydes is 1. The highest BCUT2D eigenvalue weighted by Gasteiger charge is 2.22. The number of alkyl halides is 1. The number of furan rings is 1. The molecule has 0 aliphatic heterocycles. The molecule has 1 aromatic carbocycles. The van der Waals surface area contributed by atoms with Gasteiger partial charge in [0.15, 0.2) is 24.0 Å². The molecule has 1 heterocycles. The molecule has 0 aliphatic rings. The maximum Gasteiger partial charge on any atom is 0.197 e. The van der Waals surface area contributed by atoms with E-state index in [2.05, 4.69) is 0 Å². The van der Waals surface area contributed by atoms with Gasteiger partial charge in [-0.05, 0) is 25.5 Å². The lowest BCUT2D eigenvalue weighted by Crippen LogP contribution is -2.04. The first-order valence-electron chi connectivity index (χ1n) is 5.88. The van der Waals surface area contributed by atoms with Crippen molar-refractivity contribution in [3.8, 4) is 0 Å². The summed E-state index contributed by atoms with van der Waals surface area (Å²) >= 11 is 0. The third kappa shape index (κ3) is 2.47. The number of aryl methyl sites for hydroxylation is 1. The van der Waals surface area contributed by atoms with Crippen LogP contribution in [0.1, 0.15) is 50.9 Å². The van der Waals surface area contributed by atoms with Crippen LogP contribution in [0, 0.1) is 6.92 Å². The summed E-state index contributed by atoms with van der Waals surface area (Å²) in [4.78, 5) is 23.3. The Labute approximate surface area is 110 Å². The van der Waals surface area contributed by atoms with E-state index in [0.29, 0.717) is 11.8 Å². The highest BCUT2D eigenvalue weighted by Crippen LogP contribution is 2.25. The van der Waals surface area contributed by atoms with Gasteiger partial charge in [-0.15, -0.1) is 0 Å². The number of carbonyl (C=O) groups excluding carboxylic acids is 2. The molecule has 1 atom stereocenters. The van der Waals surface area contributed by atoms with Crippen molar-refractivity contribution < 1.29 is 18.4 Å². The highest BCUT2D eigenvalue weighted by molar-refractivity contribution is 6.13. The molecule has 98 valence electrons. The SMILES string of the molecule is Cc1ccccc1C(=O)c1cc(C(C)F)oc1C=O. The van der Waals surface area contributed by atoms with Gasteiger partial charge in [-0.3, -0.25) is 9.59 Å². The molecule has 1 aromatic heterocycles. The fraction of sp³-hybridized carbons (Fsp3) is 0.200.